The molecule has 0 aliphatic carbocycles. The Hall–Kier alpha value is -2.21. The van der Waals surface area contributed by atoms with Crippen molar-refractivity contribution in [1.29, 1.82) is 0 Å². The molecule has 4 heteroatoms. The Morgan fingerprint density at radius 2 is 1.23 bits per heavy atom. The van der Waals surface area contributed by atoms with Gasteiger partial charge in [0.1, 0.15) is 0 Å². The van der Waals surface area contributed by atoms with E-state index >= 15 is 0 Å². The Balaban J connectivity index is 1.80. The maximum Gasteiger partial charge on any atom is 0.367 e. The van der Waals surface area contributed by atoms with Gasteiger partial charge >= 0.3 is 21.2 Å². The van der Waals surface area contributed by atoms with E-state index in [0.717, 1.165) is 22.5 Å². The van der Waals surface area contributed by atoms with Crippen LogP contribution >= 0.6 is 0 Å². The second-order valence-electron chi connectivity index (χ2n) is 5.09. The van der Waals surface area contributed by atoms with E-state index in [1.165, 1.54) is 17.9 Å². The van der Waals surface area contributed by atoms with Crippen LogP contribution in [0.15, 0.2) is 60.9 Å². The van der Waals surface area contributed by atoms with Gasteiger partial charge in [-0.05, 0) is 48.5 Å². The van der Waals surface area contributed by atoms with E-state index in [1.54, 1.807) is 0 Å². The molecule has 2 aromatic carbocycles. The Morgan fingerprint density at radius 1 is 0.682 bits per heavy atom. The lowest BCUT2D eigenvalue weighted by molar-refractivity contribution is -0.597. The van der Waals surface area contributed by atoms with Gasteiger partial charge in [-0.15, -0.1) is 0 Å². The highest BCUT2D eigenvalue weighted by Gasteiger charge is 2.35. The minimum absolute atomic E-state index is 0.334. The summed E-state index contributed by atoms with van der Waals surface area (Å²) in [5, 5.41) is 2.42. The molecule has 2 aromatic heterocycles. The number of fused-ring (bicyclic) bond motifs is 6. The summed E-state index contributed by atoms with van der Waals surface area (Å²) in [6.07, 6.45) is 3.67. The fraction of sp³-hybridized carbons (Fsp3) is 0. The van der Waals surface area contributed by atoms with Gasteiger partial charge < -0.3 is 4.74 Å². The number of aromatic nitrogens is 2. The van der Waals surface area contributed by atoms with Gasteiger partial charge in [-0.2, -0.15) is 0 Å². The first kappa shape index (κ1) is 12.3. The van der Waals surface area contributed by atoms with Crippen LogP contribution in [0, 0.1) is 7.14 Å². The smallest absolute Gasteiger partial charge is 0.367 e. The number of benzene rings is 2. The number of pyridine rings is 2. The number of halogens is 1. The molecule has 3 heterocycles. The molecular weight excluding hydrogens is 387 g/mol. The third-order valence-electron chi connectivity index (χ3n) is 3.78. The lowest BCUT2D eigenvalue weighted by Gasteiger charge is -2.13. The summed E-state index contributed by atoms with van der Waals surface area (Å²) in [7, 11) is 0. The molecule has 0 atom stereocenters. The summed E-state index contributed by atoms with van der Waals surface area (Å²) < 4.78 is 8.79. The summed E-state index contributed by atoms with van der Waals surface area (Å²) in [6.45, 7) is 0. The number of hydrogen-bond donors (Lipinski definition) is 0. The second kappa shape index (κ2) is 4.64. The van der Waals surface area contributed by atoms with Crippen LogP contribution < -0.4 is 25.9 Å². The van der Waals surface area contributed by atoms with E-state index in [2.05, 4.69) is 22.1 Å². The zero-order chi connectivity index (χ0) is 14.5. The van der Waals surface area contributed by atoms with E-state index < -0.39 is 0 Å². The maximum absolute atomic E-state index is 6.17. The Labute approximate surface area is 137 Å². The maximum atomic E-state index is 6.17. The molecule has 104 valence electrons. The van der Waals surface area contributed by atoms with Gasteiger partial charge in [0.2, 0.25) is 7.14 Å². The largest absolute Gasteiger partial charge is 0.448 e. The molecule has 0 spiro atoms. The first-order chi connectivity index (χ1) is 10.9. The van der Waals surface area contributed by atoms with E-state index in [-0.39, 0.29) is 21.2 Å². The number of ether oxygens (including phenoxy) is 1. The molecule has 1 aliphatic heterocycles. The highest BCUT2D eigenvalue weighted by molar-refractivity contribution is 5.82. The molecule has 1 aliphatic rings. The number of rotatable bonds is 0. The van der Waals surface area contributed by atoms with Crippen molar-refractivity contribution in [1.82, 2.24) is 9.97 Å². The van der Waals surface area contributed by atoms with Crippen LogP contribution in [0.1, 0.15) is 0 Å². The van der Waals surface area contributed by atoms with E-state index in [1.807, 2.05) is 48.8 Å². The molecule has 3 nitrogen and oxygen atoms in total. The highest BCUT2D eigenvalue weighted by atomic mass is 127. The molecule has 0 bridgehead atoms. The van der Waals surface area contributed by atoms with Crippen molar-refractivity contribution in [3.8, 4) is 11.5 Å². The van der Waals surface area contributed by atoms with Gasteiger partial charge in [0.15, 0.2) is 11.5 Å². The molecular formula is C18H10IN2O+. The summed E-state index contributed by atoms with van der Waals surface area (Å²) in [4.78, 5) is 8.91. The number of nitrogens with zero attached hydrogens (tertiary/aromatic N) is 2. The average Bonchev–Trinajstić information content (AvgIpc) is 2.60. The first-order valence-corrected chi connectivity index (χ1v) is 9.14. The number of hydrogen-bond acceptors (Lipinski definition) is 3. The van der Waals surface area contributed by atoms with Crippen molar-refractivity contribution in [2.75, 3.05) is 0 Å². The highest BCUT2D eigenvalue weighted by Crippen LogP contribution is 2.30. The Kier molecular flexibility index (Phi) is 2.61. The van der Waals surface area contributed by atoms with Crippen LogP contribution in [0.4, 0.5) is 0 Å². The standard InChI is InChI=1S/C18H10IN2O/c1-3-11-13(20-9-1)5-7-15-17(11)19-18-12-4-2-10-21-14(12)6-8-16(18)22-15/h1-10H/q+1. The van der Waals surface area contributed by atoms with Gasteiger partial charge in [0.25, 0.3) is 0 Å². The predicted octanol–water partition coefficient (Wildman–Crippen LogP) is 1.02. The SMILES string of the molecule is c1cnc2ccc3c(c2c1)[I+]c1c(ccc2ncccc12)O3. The van der Waals surface area contributed by atoms with Crippen molar-refractivity contribution < 1.29 is 25.9 Å². The van der Waals surface area contributed by atoms with Crippen LogP contribution in [0.25, 0.3) is 21.8 Å². The Bertz CT molecular complexity index is 962. The van der Waals surface area contributed by atoms with Crippen LogP contribution in [0.5, 0.6) is 11.5 Å². The van der Waals surface area contributed by atoms with Gasteiger partial charge in [0.05, 0.1) is 21.8 Å². The van der Waals surface area contributed by atoms with Crippen molar-refractivity contribution in [3.63, 3.8) is 0 Å². The molecule has 0 fully saturated rings. The van der Waals surface area contributed by atoms with Gasteiger partial charge in [-0.1, -0.05) is 0 Å². The van der Waals surface area contributed by atoms with Crippen molar-refractivity contribution in [2.45, 2.75) is 0 Å². The average molecular weight is 397 g/mol. The third-order valence-corrected chi connectivity index (χ3v) is 7.08. The molecule has 0 saturated carbocycles. The molecule has 0 radical (unpaired) electrons. The fourth-order valence-electron chi connectivity index (χ4n) is 2.76. The minimum atomic E-state index is -0.334. The molecule has 5 rings (SSSR count). The topological polar surface area (TPSA) is 35.0 Å². The lowest BCUT2D eigenvalue weighted by Crippen LogP contribution is -3.62. The van der Waals surface area contributed by atoms with Crippen molar-refractivity contribution >= 4 is 21.8 Å². The van der Waals surface area contributed by atoms with Crippen LogP contribution in [0.3, 0.4) is 0 Å². The van der Waals surface area contributed by atoms with E-state index in [4.69, 9.17) is 4.74 Å². The quantitative estimate of drug-likeness (QED) is 0.366. The molecule has 0 saturated heterocycles. The van der Waals surface area contributed by atoms with Crippen LogP contribution in [-0.4, -0.2) is 9.97 Å². The van der Waals surface area contributed by atoms with E-state index in [0.29, 0.717) is 0 Å². The molecule has 0 N–H and O–H groups in total. The summed E-state index contributed by atoms with van der Waals surface area (Å²) in [5.74, 6) is 1.95. The van der Waals surface area contributed by atoms with E-state index in [9.17, 15) is 0 Å². The molecule has 0 amide bonds. The van der Waals surface area contributed by atoms with Crippen molar-refractivity contribution in [3.05, 3.63) is 68.1 Å². The third kappa shape index (κ3) is 1.73. The van der Waals surface area contributed by atoms with Crippen LogP contribution in [-0.2, 0) is 0 Å². The summed E-state index contributed by atoms with van der Waals surface area (Å²) in [6, 6.07) is 16.4. The fourth-order valence-corrected chi connectivity index (χ4v) is 5.90. The molecule has 22 heavy (non-hydrogen) atoms. The van der Waals surface area contributed by atoms with Gasteiger partial charge in [-0.3, -0.25) is 9.97 Å². The molecule has 4 aromatic rings. The summed E-state index contributed by atoms with van der Waals surface area (Å²) >= 11 is -0.334. The van der Waals surface area contributed by atoms with Crippen LogP contribution in [0.2, 0.25) is 0 Å². The monoisotopic (exact) mass is 397 g/mol. The van der Waals surface area contributed by atoms with Crippen molar-refractivity contribution in [2.24, 2.45) is 0 Å². The zero-order valence-electron chi connectivity index (χ0n) is 11.5. The summed E-state index contributed by atoms with van der Waals surface area (Å²) in [5.41, 5.74) is 2.07. The first-order valence-electron chi connectivity index (χ1n) is 6.98. The normalized spacial score (nSPS) is 12.7. The van der Waals surface area contributed by atoms with Gasteiger partial charge in [-0.25, -0.2) is 0 Å². The second-order valence-corrected chi connectivity index (χ2v) is 7.79. The predicted molar refractivity (Wildman–Crippen MR) is 81.0 cm³/mol. The zero-order valence-corrected chi connectivity index (χ0v) is 13.6. The minimum Gasteiger partial charge on any atom is -0.448 e. The van der Waals surface area contributed by atoms with Gasteiger partial charge in [0, 0.05) is 12.4 Å². The lowest BCUT2D eigenvalue weighted by atomic mass is 10.2. The Morgan fingerprint density at radius 3 is 1.77 bits per heavy atom. The molecule has 0 unspecified atom stereocenters.